The van der Waals surface area contributed by atoms with Crippen LogP contribution in [0.25, 0.3) is 0 Å². The van der Waals surface area contributed by atoms with Gasteiger partial charge < -0.3 is 0 Å². The molecule has 1 nitrogen and oxygen atoms in total. The highest BCUT2D eigenvalue weighted by molar-refractivity contribution is 9.10. The number of halogens is 3. The van der Waals surface area contributed by atoms with Crippen LogP contribution in [0.4, 0.5) is 0 Å². The predicted octanol–water partition coefficient (Wildman–Crippen LogP) is 5.29. The van der Waals surface area contributed by atoms with E-state index in [1.54, 1.807) is 18.2 Å². The first-order chi connectivity index (χ1) is 8.56. The van der Waals surface area contributed by atoms with Gasteiger partial charge in [-0.15, -0.1) is 0 Å². The van der Waals surface area contributed by atoms with Crippen LogP contribution in [-0.4, -0.2) is 5.78 Å². The summed E-state index contributed by atoms with van der Waals surface area (Å²) in [7, 11) is 0. The van der Waals surface area contributed by atoms with Gasteiger partial charge in [-0.05, 0) is 51.8 Å². The molecule has 0 amide bonds. The topological polar surface area (TPSA) is 17.1 Å². The maximum absolute atomic E-state index is 12.1. The van der Waals surface area contributed by atoms with Gasteiger partial charge in [-0.2, -0.15) is 0 Å². The van der Waals surface area contributed by atoms with E-state index in [0.29, 0.717) is 17.0 Å². The van der Waals surface area contributed by atoms with Crippen molar-refractivity contribution in [2.45, 2.75) is 6.42 Å². The normalized spacial score (nSPS) is 10.4. The van der Waals surface area contributed by atoms with E-state index in [9.17, 15) is 4.79 Å². The van der Waals surface area contributed by atoms with Gasteiger partial charge >= 0.3 is 0 Å². The smallest absolute Gasteiger partial charge is 0.168 e. The Labute approximate surface area is 127 Å². The SMILES string of the molecule is O=C(Cc1ccc(Br)cc1)c1ccc(Cl)cc1Br. The lowest BCUT2D eigenvalue weighted by Crippen LogP contribution is -2.04. The van der Waals surface area contributed by atoms with Gasteiger partial charge in [-0.3, -0.25) is 4.79 Å². The van der Waals surface area contributed by atoms with Crippen LogP contribution in [0.15, 0.2) is 51.4 Å². The van der Waals surface area contributed by atoms with Crippen molar-refractivity contribution in [2.75, 3.05) is 0 Å². The fourth-order valence-corrected chi connectivity index (χ4v) is 2.77. The molecule has 4 heteroatoms. The van der Waals surface area contributed by atoms with Crippen LogP contribution < -0.4 is 0 Å². The Kier molecular flexibility index (Phi) is 4.60. The molecule has 92 valence electrons. The fourth-order valence-electron chi connectivity index (χ4n) is 1.60. The molecule has 0 spiro atoms. The molecule has 0 radical (unpaired) electrons. The summed E-state index contributed by atoms with van der Waals surface area (Å²) >= 11 is 12.6. The van der Waals surface area contributed by atoms with Gasteiger partial charge in [0, 0.05) is 26.0 Å². The zero-order chi connectivity index (χ0) is 13.1. The van der Waals surface area contributed by atoms with Gasteiger partial charge in [0.2, 0.25) is 0 Å². The van der Waals surface area contributed by atoms with Crippen molar-refractivity contribution in [3.05, 3.63) is 67.6 Å². The maximum atomic E-state index is 12.1. The van der Waals surface area contributed by atoms with Crippen LogP contribution in [0.2, 0.25) is 5.02 Å². The summed E-state index contributed by atoms with van der Waals surface area (Å²) in [6.07, 6.45) is 0.382. The molecule has 2 aromatic carbocycles. The number of benzene rings is 2. The summed E-state index contributed by atoms with van der Waals surface area (Å²) in [5.74, 6) is 0.0702. The van der Waals surface area contributed by atoms with E-state index < -0.39 is 0 Å². The number of hydrogen-bond acceptors (Lipinski definition) is 1. The van der Waals surface area contributed by atoms with E-state index in [0.717, 1.165) is 14.5 Å². The van der Waals surface area contributed by atoms with Crippen molar-refractivity contribution in [1.29, 1.82) is 0 Å². The third kappa shape index (κ3) is 3.44. The van der Waals surface area contributed by atoms with E-state index in [-0.39, 0.29) is 5.78 Å². The summed E-state index contributed by atoms with van der Waals surface area (Å²) in [5.41, 5.74) is 1.65. The highest BCUT2D eigenvalue weighted by atomic mass is 79.9. The molecule has 0 saturated carbocycles. The molecule has 0 aliphatic rings. The van der Waals surface area contributed by atoms with Crippen molar-refractivity contribution >= 4 is 49.2 Å². The van der Waals surface area contributed by atoms with E-state index in [2.05, 4.69) is 31.9 Å². The monoisotopic (exact) mass is 386 g/mol. The lowest BCUT2D eigenvalue weighted by atomic mass is 10.0. The summed E-state index contributed by atoms with van der Waals surface area (Å²) < 4.78 is 1.74. The molecule has 0 aliphatic carbocycles. The van der Waals surface area contributed by atoms with Crippen molar-refractivity contribution in [3.63, 3.8) is 0 Å². The van der Waals surface area contributed by atoms with Crippen LogP contribution in [0, 0.1) is 0 Å². The Morgan fingerprint density at radius 1 is 1.06 bits per heavy atom. The van der Waals surface area contributed by atoms with Crippen molar-refractivity contribution in [3.8, 4) is 0 Å². The largest absolute Gasteiger partial charge is 0.294 e. The molecular formula is C14H9Br2ClO. The van der Waals surface area contributed by atoms with Gasteiger partial charge in [0.1, 0.15) is 0 Å². The minimum Gasteiger partial charge on any atom is -0.294 e. The quantitative estimate of drug-likeness (QED) is 0.653. The molecular weight excluding hydrogens is 379 g/mol. The van der Waals surface area contributed by atoms with Gasteiger partial charge in [0.05, 0.1) is 0 Å². The van der Waals surface area contributed by atoms with Crippen LogP contribution in [0.1, 0.15) is 15.9 Å². The summed E-state index contributed by atoms with van der Waals surface area (Å²) in [4.78, 5) is 12.1. The van der Waals surface area contributed by atoms with Crippen molar-refractivity contribution < 1.29 is 4.79 Å². The number of ketones is 1. The molecule has 0 N–H and O–H groups in total. The third-order valence-corrected chi connectivity index (χ3v) is 3.93. The Hall–Kier alpha value is -0.640. The van der Waals surface area contributed by atoms with Gasteiger partial charge in [0.25, 0.3) is 0 Å². The molecule has 0 unspecified atom stereocenters. The van der Waals surface area contributed by atoms with E-state index in [1.807, 2.05) is 24.3 Å². The van der Waals surface area contributed by atoms with Gasteiger partial charge in [-0.25, -0.2) is 0 Å². The molecule has 0 aromatic heterocycles. The Morgan fingerprint density at radius 2 is 1.72 bits per heavy atom. The number of rotatable bonds is 3. The highest BCUT2D eigenvalue weighted by Crippen LogP contribution is 2.23. The lowest BCUT2D eigenvalue weighted by Gasteiger charge is -2.04. The minimum atomic E-state index is 0.0702. The van der Waals surface area contributed by atoms with Gasteiger partial charge in [-0.1, -0.05) is 39.7 Å². The summed E-state index contributed by atoms with van der Waals surface area (Å²) in [5, 5.41) is 0.613. The molecule has 2 rings (SSSR count). The van der Waals surface area contributed by atoms with Crippen LogP contribution in [0.3, 0.4) is 0 Å². The Bertz CT molecular complexity index is 579. The summed E-state index contributed by atoms with van der Waals surface area (Å²) in [6.45, 7) is 0. The second-order valence-corrected chi connectivity index (χ2v) is 6.06. The molecule has 0 atom stereocenters. The number of carbonyl (C=O) groups excluding carboxylic acids is 1. The van der Waals surface area contributed by atoms with Gasteiger partial charge in [0.15, 0.2) is 5.78 Å². The molecule has 0 bridgehead atoms. The number of carbonyl (C=O) groups is 1. The first-order valence-electron chi connectivity index (χ1n) is 5.29. The Morgan fingerprint density at radius 3 is 2.33 bits per heavy atom. The summed E-state index contributed by atoms with van der Waals surface area (Å²) in [6, 6.07) is 12.9. The lowest BCUT2D eigenvalue weighted by molar-refractivity contribution is 0.0992. The molecule has 0 saturated heterocycles. The number of hydrogen-bond donors (Lipinski definition) is 0. The van der Waals surface area contributed by atoms with Crippen LogP contribution in [-0.2, 0) is 6.42 Å². The number of Topliss-reactive ketones (excluding diaryl/α,β-unsaturated/α-hetero) is 1. The highest BCUT2D eigenvalue weighted by Gasteiger charge is 2.11. The van der Waals surface area contributed by atoms with E-state index in [1.165, 1.54) is 0 Å². The second kappa shape index (κ2) is 6.00. The predicted molar refractivity (Wildman–Crippen MR) is 81.3 cm³/mol. The zero-order valence-electron chi connectivity index (χ0n) is 9.29. The average molecular weight is 388 g/mol. The van der Waals surface area contributed by atoms with Crippen LogP contribution in [0.5, 0.6) is 0 Å². The Balaban J connectivity index is 2.19. The van der Waals surface area contributed by atoms with E-state index >= 15 is 0 Å². The van der Waals surface area contributed by atoms with Crippen LogP contribution >= 0.6 is 43.5 Å². The standard InChI is InChI=1S/C14H9Br2ClO/c15-10-3-1-9(2-4-10)7-14(18)12-6-5-11(17)8-13(12)16/h1-6,8H,7H2. The van der Waals surface area contributed by atoms with Crippen molar-refractivity contribution in [1.82, 2.24) is 0 Å². The first kappa shape index (κ1) is 13.8. The molecule has 0 heterocycles. The van der Waals surface area contributed by atoms with E-state index in [4.69, 9.17) is 11.6 Å². The molecule has 0 fully saturated rings. The molecule has 2 aromatic rings. The second-order valence-electron chi connectivity index (χ2n) is 3.85. The maximum Gasteiger partial charge on any atom is 0.168 e. The molecule has 18 heavy (non-hydrogen) atoms. The zero-order valence-corrected chi connectivity index (χ0v) is 13.2. The van der Waals surface area contributed by atoms with Crippen molar-refractivity contribution in [2.24, 2.45) is 0 Å². The minimum absolute atomic E-state index is 0.0702. The third-order valence-electron chi connectivity index (χ3n) is 2.51. The average Bonchev–Trinajstić information content (AvgIpc) is 2.32. The first-order valence-corrected chi connectivity index (χ1v) is 7.25. The fraction of sp³-hybridized carbons (Fsp3) is 0.0714. The molecule has 0 aliphatic heterocycles.